The molecule has 1 fully saturated rings. The third-order valence-corrected chi connectivity index (χ3v) is 7.41. The second-order valence-electron chi connectivity index (χ2n) is 10.0. The van der Waals surface area contributed by atoms with Crippen molar-refractivity contribution in [2.75, 3.05) is 0 Å². The van der Waals surface area contributed by atoms with Crippen molar-refractivity contribution in [1.82, 2.24) is 19.1 Å². The highest BCUT2D eigenvalue weighted by Crippen LogP contribution is 2.42. The zero-order valence-corrected chi connectivity index (χ0v) is 22.2. The fraction of sp³-hybridized carbons (Fsp3) is 0.286. The van der Waals surface area contributed by atoms with Crippen LogP contribution in [-0.2, 0) is 12.0 Å². The van der Waals surface area contributed by atoms with Crippen LogP contribution in [0.5, 0.6) is 5.75 Å². The minimum atomic E-state index is -0.877. The minimum absolute atomic E-state index is 0.0210. The lowest BCUT2D eigenvalue weighted by molar-refractivity contribution is 0.0265. The van der Waals surface area contributed by atoms with Crippen molar-refractivity contribution in [2.24, 2.45) is 0 Å². The zero-order chi connectivity index (χ0) is 28.1. The summed E-state index contributed by atoms with van der Waals surface area (Å²) < 4.78 is 35.5. The van der Waals surface area contributed by atoms with E-state index < -0.39 is 28.7 Å². The topological polar surface area (TPSA) is 99.2 Å². The molecule has 4 aromatic rings. The molecule has 1 aliphatic carbocycles. The third-order valence-electron chi connectivity index (χ3n) is 7.07. The van der Waals surface area contributed by atoms with Crippen LogP contribution >= 0.6 is 11.6 Å². The summed E-state index contributed by atoms with van der Waals surface area (Å²) in [4.78, 5) is 34.9. The predicted octanol–water partition coefficient (Wildman–Crippen LogP) is 4.32. The number of halogens is 3. The summed E-state index contributed by atoms with van der Waals surface area (Å²) in [5.41, 5.74) is 0.777. The van der Waals surface area contributed by atoms with E-state index in [0.29, 0.717) is 47.2 Å². The van der Waals surface area contributed by atoms with Crippen molar-refractivity contribution in [3.05, 3.63) is 109 Å². The molecule has 0 spiro atoms. The van der Waals surface area contributed by atoms with E-state index in [4.69, 9.17) is 16.3 Å². The van der Waals surface area contributed by atoms with Gasteiger partial charge in [-0.05, 0) is 38.3 Å². The molecule has 0 aliphatic heterocycles. The van der Waals surface area contributed by atoms with Gasteiger partial charge in [-0.3, -0.25) is 23.7 Å². The maximum absolute atomic E-state index is 14.0. The molecule has 0 aromatic carbocycles. The second-order valence-corrected chi connectivity index (χ2v) is 10.4. The monoisotopic (exact) mass is 554 g/mol. The van der Waals surface area contributed by atoms with Crippen molar-refractivity contribution in [2.45, 2.75) is 51.7 Å². The van der Waals surface area contributed by atoms with Crippen LogP contribution in [0.15, 0.2) is 58.5 Å². The Kier molecular flexibility index (Phi) is 6.86. The van der Waals surface area contributed by atoms with Crippen LogP contribution in [0.25, 0.3) is 11.5 Å². The molecule has 0 saturated heterocycles. The smallest absolute Gasteiger partial charge is 0.277 e. The summed E-state index contributed by atoms with van der Waals surface area (Å²) >= 11 is 6.37. The number of aromatic nitrogens is 4. The Hall–Kier alpha value is -3.89. The predicted molar refractivity (Wildman–Crippen MR) is 141 cm³/mol. The van der Waals surface area contributed by atoms with Gasteiger partial charge in [-0.2, -0.15) is 0 Å². The molecule has 4 heterocycles. The molecule has 0 bridgehead atoms. The number of hydrogen-bond acceptors (Lipinski definition) is 6. The van der Waals surface area contributed by atoms with Gasteiger partial charge in [-0.25, -0.2) is 13.8 Å². The summed E-state index contributed by atoms with van der Waals surface area (Å²) in [6.07, 6.45) is 4.62. The van der Waals surface area contributed by atoms with E-state index in [0.717, 1.165) is 6.20 Å². The van der Waals surface area contributed by atoms with Crippen molar-refractivity contribution < 1.29 is 18.6 Å². The van der Waals surface area contributed by atoms with Gasteiger partial charge < -0.3 is 9.84 Å². The lowest BCUT2D eigenvalue weighted by Gasteiger charge is -2.42. The molecule has 0 amide bonds. The normalized spacial score (nSPS) is 18.6. The van der Waals surface area contributed by atoms with Gasteiger partial charge >= 0.3 is 0 Å². The van der Waals surface area contributed by atoms with E-state index in [1.165, 1.54) is 15.2 Å². The van der Waals surface area contributed by atoms with E-state index in [9.17, 15) is 23.5 Å². The van der Waals surface area contributed by atoms with Crippen molar-refractivity contribution in [3.8, 4) is 17.3 Å². The van der Waals surface area contributed by atoms with Crippen molar-refractivity contribution in [3.63, 3.8) is 0 Å². The molecule has 11 heteroatoms. The molecule has 1 saturated carbocycles. The first-order valence-electron chi connectivity index (χ1n) is 12.2. The quantitative estimate of drug-likeness (QED) is 0.381. The average Bonchev–Trinajstić information content (AvgIpc) is 2.86. The molecular formula is C28H25ClF2N4O4. The number of pyridine rings is 4. The Labute approximate surface area is 227 Å². The second kappa shape index (κ2) is 10.0. The van der Waals surface area contributed by atoms with Crippen LogP contribution in [0.2, 0.25) is 5.02 Å². The van der Waals surface area contributed by atoms with Crippen LogP contribution in [-0.4, -0.2) is 30.3 Å². The SMILES string of the molecule is Cc1cnc(-n2cccc(C3(C)CC(O)C3)c2=O)cc1-n1c(C)cc(OCc2ncc(F)cc2F)c(Cl)c1=O. The third kappa shape index (κ3) is 4.86. The summed E-state index contributed by atoms with van der Waals surface area (Å²) in [5.74, 6) is -1.36. The van der Waals surface area contributed by atoms with E-state index in [2.05, 4.69) is 9.97 Å². The molecule has 0 radical (unpaired) electrons. The van der Waals surface area contributed by atoms with Gasteiger partial charge in [0.2, 0.25) is 0 Å². The number of aliphatic hydroxyl groups is 1. The van der Waals surface area contributed by atoms with Gasteiger partial charge in [0.15, 0.2) is 5.82 Å². The van der Waals surface area contributed by atoms with Gasteiger partial charge in [0.05, 0.1) is 18.0 Å². The van der Waals surface area contributed by atoms with Gasteiger partial charge in [0, 0.05) is 47.3 Å². The molecule has 4 aromatic heterocycles. The molecule has 5 rings (SSSR count). The maximum atomic E-state index is 14.0. The van der Waals surface area contributed by atoms with Crippen LogP contribution in [0.4, 0.5) is 8.78 Å². The number of hydrogen-bond donors (Lipinski definition) is 1. The molecular weight excluding hydrogens is 530 g/mol. The fourth-order valence-corrected chi connectivity index (χ4v) is 5.18. The minimum Gasteiger partial charge on any atom is -0.485 e. The molecule has 1 aliphatic rings. The highest BCUT2D eigenvalue weighted by atomic mass is 35.5. The Bertz CT molecular complexity index is 1710. The number of aliphatic hydroxyl groups excluding tert-OH is 1. The Morgan fingerprint density at radius 1 is 1.13 bits per heavy atom. The summed E-state index contributed by atoms with van der Waals surface area (Å²) in [5, 5.41) is 9.58. The van der Waals surface area contributed by atoms with E-state index in [-0.39, 0.29) is 28.6 Å². The van der Waals surface area contributed by atoms with Crippen molar-refractivity contribution in [1.29, 1.82) is 0 Å². The lowest BCUT2D eigenvalue weighted by atomic mass is 9.64. The number of rotatable bonds is 6. The zero-order valence-electron chi connectivity index (χ0n) is 21.4. The Morgan fingerprint density at radius 2 is 1.87 bits per heavy atom. The number of ether oxygens (including phenoxy) is 1. The Morgan fingerprint density at radius 3 is 2.56 bits per heavy atom. The lowest BCUT2D eigenvalue weighted by Crippen LogP contribution is -2.46. The first-order chi connectivity index (χ1) is 18.5. The van der Waals surface area contributed by atoms with Crippen LogP contribution in [0.3, 0.4) is 0 Å². The maximum Gasteiger partial charge on any atom is 0.277 e. The molecule has 1 N–H and O–H groups in total. The Balaban J connectivity index is 1.52. The van der Waals surface area contributed by atoms with Gasteiger partial charge in [-0.15, -0.1) is 0 Å². The first-order valence-corrected chi connectivity index (χ1v) is 12.6. The first kappa shape index (κ1) is 26.7. The highest BCUT2D eigenvalue weighted by Gasteiger charge is 2.42. The molecule has 39 heavy (non-hydrogen) atoms. The van der Waals surface area contributed by atoms with Crippen LogP contribution < -0.4 is 15.9 Å². The fourth-order valence-electron chi connectivity index (χ4n) is 4.99. The van der Waals surface area contributed by atoms with Crippen LogP contribution in [0, 0.1) is 25.5 Å². The standard InChI is InChI=1S/C28H25ClF2N4O4/c1-15-12-33-24(34-6-4-5-19(26(34)37)28(3)10-18(36)11-28)9-22(15)35-16(2)7-23(25(29)27(35)38)39-14-21-20(31)8-17(30)13-32-21/h4-9,12-13,18,36H,10-11,14H2,1-3H3. The summed E-state index contributed by atoms with van der Waals surface area (Å²) in [7, 11) is 0. The largest absolute Gasteiger partial charge is 0.485 e. The van der Waals surface area contributed by atoms with E-state index >= 15 is 0 Å². The van der Waals surface area contributed by atoms with E-state index in [1.807, 2.05) is 6.92 Å². The highest BCUT2D eigenvalue weighted by molar-refractivity contribution is 6.31. The van der Waals surface area contributed by atoms with Crippen molar-refractivity contribution >= 4 is 11.6 Å². The summed E-state index contributed by atoms with van der Waals surface area (Å²) in [6, 6.07) is 7.37. The van der Waals surface area contributed by atoms with Gasteiger partial charge in [-0.1, -0.05) is 24.6 Å². The number of nitrogens with zero attached hydrogens (tertiary/aromatic N) is 4. The molecule has 202 valence electrons. The molecule has 8 nitrogen and oxygen atoms in total. The van der Waals surface area contributed by atoms with Gasteiger partial charge in [0.1, 0.15) is 34.7 Å². The summed E-state index contributed by atoms with van der Waals surface area (Å²) in [6.45, 7) is 5.04. The average molecular weight is 555 g/mol. The van der Waals surface area contributed by atoms with Gasteiger partial charge in [0.25, 0.3) is 11.1 Å². The van der Waals surface area contributed by atoms with Crippen LogP contribution in [0.1, 0.15) is 42.3 Å². The molecule has 0 unspecified atom stereocenters. The molecule has 0 atom stereocenters. The number of aryl methyl sites for hydroxylation is 2. The van der Waals surface area contributed by atoms with E-state index in [1.54, 1.807) is 44.4 Å².